The third-order valence-corrected chi connectivity index (χ3v) is 3.20. The highest BCUT2D eigenvalue weighted by molar-refractivity contribution is 8.00. The molecule has 17 heavy (non-hydrogen) atoms. The maximum atomic E-state index is 12.8. The largest absolute Gasteiger partial charge is 0.398 e. The number of nitrogens with two attached hydrogens (primary N) is 1. The molecule has 1 atom stereocenters. The van der Waals surface area contributed by atoms with Crippen LogP contribution in [-0.2, 0) is 4.79 Å². The molecule has 0 saturated carbocycles. The number of nitrogen functional groups attached to an aromatic ring is 1. The average molecular weight is 252 g/mol. The molecule has 0 fully saturated rings. The van der Waals surface area contributed by atoms with Gasteiger partial charge < -0.3 is 11.1 Å². The average Bonchev–Trinajstić information content (AvgIpc) is 2.29. The van der Waals surface area contributed by atoms with Gasteiger partial charge in [0.2, 0.25) is 5.91 Å². The van der Waals surface area contributed by atoms with E-state index < -0.39 is 5.82 Å². The Kier molecular flexibility index (Phi) is 4.85. The maximum Gasteiger partial charge on any atom is 0.233 e. The summed E-state index contributed by atoms with van der Waals surface area (Å²) < 4.78 is 12.8. The van der Waals surface area contributed by atoms with Gasteiger partial charge in [-0.1, -0.05) is 5.92 Å². The number of terminal acetylenes is 1. The SMILES string of the molecule is C#CCNC(=O)C(C)Sc1ccc(F)cc1N. The number of anilines is 1. The summed E-state index contributed by atoms with van der Waals surface area (Å²) in [6, 6.07) is 4.10. The molecule has 3 N–H and O–H groups in total. The first kappa shape index (κ1) is 13.4. The normalized spacial score (nSPS) is 11.6. The topological polar surface area (TPSA) is 55.1 Å². The molecular weight excluding hydrogens is 239 g/mol. The molecule has 0 bridgehead atoms. The van der Waals surface area contributed by atoms with Gasteiger partial charge >= 0.3 is 0 Å². The van der Waals surface area contributed by atoms with Crippen LogP contribution in [0.1, 0.15) is 6.92 Å². The number of halogens is 1. The highest BCUT2D eigenvalue weighted by Gasteiger charge is 2.15. The maximum absolute atomic E-state index is 12.8. The molecule has 1 aromatic rings. The Labute approximate surface area is 104 Å². The van der Waals surface area contributed by atoms with Crippen LogP contribution in [0.25, 0.3) is 0 Å². The van der Waals surface area contributed by atoms with E-state index in [1.807, 2.05) is 0 Å². The number of hydrogen-bond acceptors (Lipinski definition) is 3. The zero-order valence-electron chi connectivity index (χ0n) is 9.37. The number of hydrogen-bond donors (Lipinski definition) is 2. The summed E-state index contributed by atoms with van der Waals surface area (Å²) >= 11 is 1.27. The fourth-order valence-corrected chi connectivity index (χ4v) is 2.07. The molecule has 0 aliphatic rings. The Morgan fingerprint density at radius 2 is 2.41 bits per heavy atom. The number of thioether (sulfide) groups is 1. The van der Waals surface area contributed by atoms with Crippen LogP contribution in [0.4, 0.5) is 10.1 Å². The number of benzene rings is 1. The quantitative estimate of drug-likeness (QED) is 0.486. The van der Waals surface area contributed by atoms with E-state index in [0.29, 0.717) is 10.6 Å². The molecule has 0 heterocycles. The monoisotopic (exact) mass is 252 g/mol. The smallest absolute Gasteiger partial charge is 0.233 e. The Hall–Kier alpha value is -1.67. The van der Waals surface area contributed by atoms with Gasteiger partial charge in [-0.05, 0) is 25.1 Å². The van der Waals surface area contributed by atoms with E-state index in [0.717, 1.165) is 0 Å². The van der Waals surface area contributed by atoms with Gasteiger partial charge in [0.15, 0.2) is 0 Å². The van der Waals surface area contributed by atoms with E-state index in [9.17, 15) is 9.18 Å². The zero-order chi connectivity index (χ0) is 12.8. The van der Waals surface area contributed by atoms with Crippen molar-refractivity contribution in [1.82, 2.24) is 5.32 Å². The van der Waals surface area contributed by atoms with Crippen molar-refractivity contribution in [3.05, 3.63) is 24.0 Å². The van der Waals surface area contributed by atoms with Crippen molar-refractivity contribution in [1.29, 1.82) is 0 Å². The van der Waals surface area contributed by atoms with Crippen molar-refractivity contribution in [3.63, 3.8) is 0 Å². The molecular formula is C12H13FN2OS. The predicted octanol–water partition coefficient (Wildman–Crippen LogP) is 1.64. The first-order chi connectivity index (χ1) is 8.04. The molecule has 0 aromatic heterocycles. The molecule has 0 radical (unpaired) electrons. The second-order valence-electron chi connectivity index (χ2n) is 3.36. The zero-order valence-corrected chi connectivity index (χ0v) is 10.2. The number of amides is 1. The number of nitrogens with one attached hydrogen (secondary N) is 1. The van der Waals surface area contributed by atoms with Gasteiger partial charge in [0.05, 0.1) is 11.8 Å². The second kappa shape index (κ2) is 6.16. The summed E-state index contributed by atoms with van der Waals surface area (Å²) in [6.07, 6.45) is 5.04. The molecule has 1 unspecified atom stereocenters. The van der Waals surface area contributed by atoms with E-state index in [-0.39, 0.29) is 17.7 Å². The molecule has 90 valence electrons. The van der Waals surface area contributed by atoms with Crippen LogP contribution in [0.5, 0.6) is 0 Å². The first-order valence-corrected chi connectivity index (χ1v) is 5.85. The van der Waals surface area contributed by atoms with Gasteiger partial charge in [0, 0.05) is 10.6 Å². The lowest BCUT2D eigenvalue weighted by Crippen LogP contribution is -2.31. The van der Waals surface area contributed by atoms with Gasteiger partial charge in [0.25, 0.3) is 0 Å². The fraction of sp³-hybridized carbons (Fsp3) is 0.250. The second-order valence-corrected chi connectivity index (χ2v) is 4.75. The summed E-state index contributed by atoms with van der Waals surface area (Å²) in [4.78, 5) is 12.2. The van der Waals surface area contributed by atoms with E-state index in [2.05, 4.69) is 11.2 Å². The molecule has 0 saturated heterocycles. The molecule has 0 aliphatic carbocycles. The molecule has 1 rings (SSSR count). The standard InChI is InChI=1S/C12H13FN2OS/c1-3-6-15-12(16)8(2)17-11-5-4-9(13)7-10(11)14/h1,4-5,7-8H,6,14H2,2H3,(H,15,16). The molecule has 0 aliphatic heterocycles. The summed E-state index contributed by atoms with van der Waals surface area (Å²) in [5.74, 6) is 1.76. The summed E-state index contributed by atoms with van der Waals surface area (Å²) in [5.41, 5.74) is 5.97. The molecule has 0 spiro atoms. The van der Waals surface area contributed by atoms with Crippen LogP contribution in [0, 0.1) is 18.2 Å². The molecule has 3 nitrogen and oxygen atoms in total. The van der Waals surface area contributed by atoms with E-state index >= 15 is 0 Å². The lowest BCUT2D eigenvalue weighted by molar-refractivity contribution is -0.120. The van der Waals surface area contributed by atoms with Crippen molar-refractivity contribution < 1.29 is 9.18 Å². The third-order valence-electron chi connectivity index (χ3n) is 2.01. The number of rotatable bonds is 4. The third kappa shape index (κ3) is 4.00. The van der Waals surface area contributed by atoms with E-state index in [1.165, 1.54) is 23.9 Å². The van der Waals surface area contributed by atoms with Crippen LogP contribution in [-0.4, -0.2) is 17.7 Å². The van der Waals surface area contributed by atoms with Crippen LogP contribution >= 0.6 is 11.8 Å². The molecule has 1 aromatic carbocycles. The molecule has 1 amide bonds. The molecule has 5 heteroatoms. The van der Waals surface area contributed by atoms with Crippen molar-refractivity contribution >= 4 is 23.4 Å². The van der Waals surface area contributed by atoms with E-state index in [1.54, 1.807) is 13.0 Å². The van der Waals surface area contributed by atoms with Gasteiger partial charge in [-0.2, -0.15) is 0 Å². The van der Waals surface area contributed by atoms with Crippen LogP contribution in [0.2, 0.25) is 0 Å². The highest BCUT2D eigenvalue weighted by atomic mass is 32.2. The van der Waals surface area contributed by atoms with Crippen molar-refractivity contribution in [2.45, 2.75) is 17.1 Å². The number of carbonyl (C=O) groups excluding carboxylic acids is 1. The Morgan fingerprint density at radius 1 is 1.71 bits per heavy atom. The van der Waals surface area contributed by atoms with Crippen molar-refractivity contribution in [3.8, 4) is 12.3 Å². The number of carbonyl (C=O) groups is 1. The van der Waals surface area contributed by atoms with Gasteiger partial charge in [-0.15, -0.1) is 18.2 Å². The minimum atomic E-state index is -0.392. The lowest BCUT2D eigenvalue weighted by atomic mass is 10.3. The lowest BCUT2D eigenvalue weighted by Gasteiger charge is -2.12. The van der Waals surface area contributed by atoms with Gasteiger partial charge in [-0.25, -0.2) is 4.39 Å². The Bertz CT molecular complexity index is 456. The van der Waals surface area contributed by atoms with Gasteiger partial charge in [0.1, 0.15) is 5.82 Å². The Balaban J connectivity index is 2.65. The predicted molar refractivity (Wildman–Crippen MR) is 68.0 cm³/mol. The summed E-state index contributed by atoms with van der Waals surface area (Å²) in [5, 5.41) is 2.24. The minimum absolute atomic E-state index is 0.170. The van der Waals surface area contributed by atoms with Crippen LogP contribution in [0.3, 0.4) is 0 Å². The summed E-state index contributed by atoms with van der Waals surface area (Å²) in [7, 11) is 0. The summed E-state index contributed by atoms with van der Waals surface area (Å²) in [6.45, 7) is 1.93. The van der Waals surface area contributed by atoms with Gasteiger partial charge in [-0.3, -0.25) is 4.79 Å². The van der Waals surface area contributed by atoms with Crippen LogP contribution in [0.15, 0.2) is 23.1 Å². The minimum Gasteiger partial charge on any atom is -0.398 e. The highest BCUT2D eigenvalue weighted by Crippen LogP contribution is 2.29. The van der Waals surface area contributed by atoms with E-state index in [4.69, 9.17) is 12.2 Å². The fourth-order valence-electron chi connectivity index (χ4n) is 1.15. The van der Waals surface area contributed by atoms with Crippen molar-refractivity contribution in [2.24, 2.45) is 0 Å². The Morgan fingerprint density at radius 3 is 3.00 bits per heavy atom. The van der Waals surface area contributed by atoms with Crippen molar-refractivity contribution in [2.75, 3.05) is 12.3 Å². The first-order valence-electron chi connectivity index (χ1n) is 4.97. The van der Waals surface area contributed by atoms with Crippen LogP contribution < -0.4 is 11.1 Å².